The van der Waals surface area contributed by atoms with Crippen LogP contribution in [-0.2, 0) is 0 Å². The molecule has 44 valence electrons. The zero-order valence-electron chi connectivity index (χ0n) is 5.29. The van der Waals surface area contributed by atoms with Crippen molar-refractivity contribution in [3.8, 4) is 0 Å². The van der Waals surface area contributed by atoms with Crippen molar-refractivity contribution >= 4 is 27.4 Å². The normalized spacial score (nSPS) is 12.0. The molecule has 0 atom stereocenters. The first-order chi connectivity index (χ1) is 3.12. The molecule has 0 spiro atoms. The largest absolute Gasteiger partial charge is 0.122 e. The lowest BCUT2D eigenvalue weighted by Crippen LogP contribution is -2.16. The molecule has 0 fully saturated rings. The molecule has 0 aromatic rings. The van der Waals surface area contributed by atoms with Crippen molar-refractivity contribution in [2.75, 3.05) is 0 Å². The number of hydrogen-bond donors (Lipinski definition) is 0. The molecule has 0 unspecified atom stereocenters. The molecule has 0 bridgehead atoms. The lowest BCUT2D eigenvalue weighted by atomic mass is 10.9. The number of rotatable bonds is 2. The molecular formula is C5H13ISi. The summed E-state index contributed by atoms with van der Waals surface area (Å²) in [5, 5.41) is 0. The molecule has 7 heavy (non-hydrogen) atoms. The Hall–Kier alpha value is 0.947. The van der Waals surface area contributed by atoms with Crippen molar-refractivity contribution in [1.29, 1.82) is 0 Å². The molecule has 0 saturated carbocycles. The maximum atomic E-state index is 2.64. The summed E-state index contributed by atoms with van der Waals surface area (Å²) >= 11 is 2.64. The fraction of sp³-hybridized carbons (Fsp3) is 1.00. The first kappa shape index (κ1) is 7.95. The molecule has 0 nitrogen and oxygen atoms in total. The van der Waals surface area contributed by atoms with Crippen LogP contribution in [0.15, 0.2) is 0 Å². The van der Waals surface area contributed by atoms with Crippen LogP contribution in [0, 0.1) is 0 Å². The maximum Gasteiger partial charge on any atom is 0.122 e. The standard InChI is InChI=1S/C5H13ISi/c1-4-7(3,6)5-2/h4-5H2,1-3H3. The third-order valence-corrected chi connectivity index (χ3v) is 9.00. The summed E-state index contributed by atoms with van der Waals surface area (Å²) in [5.74, 6) is 0. The van der Waals surface area contributed by atoms with E-state index in [0.29, 0.717) is 0 Å². The topological polar surface area (TPSA) is 0 Å². The van der Waals surface area contributed by atoms with E-state index in [9.17, 15) is 0 Å². The van der Waals surface area contributed by atoms with Crippen LogP contribution >= 0.6 is 21.8 Å². The second-order valence-electron chi connectivity index (χ2n) is 2.12. The van der Waals surface area contributed by atoms with Gasteiger partial charge in [-0.15, -0.1) is 21.8 Å². The van der Waals surface area contributed by atoms with Crippen LogP contribution in [0.1, 0.15) is 13.8 Å². The molecule has 0 N–H and O–H groups in total. The van der Waals surface area contributed by atoms with Gasteiger partial charge in [0, 0.05) is 0 Å². The van der Waals surface area contributed by atoms with Gasteiger partial charge in [0.2, 0.25) is 0 Å². The minimum atomic E-state index is -0.681. The molecule has 0 radical (unpaired) electrons. The molecule has 0 rings (SSSR count). The SMILES string of the molecule is CC[Si](C)(I)CC. The van der Waals surface area contributed by atoms with Gasteiger partial charge >= 0.3 is 0 Å². The van der Waals surface area contributed by atoms with E-state index in [4.69, 9.17) is 0 Å². The van der Waals surface area contributed by atoms with Crippen LogP contribution < -0.4 is 0 Å². The van der Waals surface area contributed by atoms with Crippen molar-refractivity contribution in [2.45, 2.75) is 32.5 Å². The average Bonchev–Trinajstić information content (AvgIpc) is 1.68. The van der Waals surface area contributed by atoms with E-state index in [2.05, 4.69) is 42.2 Å². The molecule has 0 amide bonds. The summed E-state index contributed by atoms with van der Waals surface area (Å²) in [5.41, 5.74) is -0.681. The number of hydrogen-bond acceptors (Lipinski definition) is 0. The summed E-state index contributed by atoms with van der Waals surface area (Å²) in [6.07, 6.45) is 0. The van der Waals surface area contributed by atoms with Gasteiger partial charge in [-0.1, -0.05) is 32.5 Å². The Morgan fingerprint density at radius 3 is 1.57 bits per heavy atom. The minimum absolute atomic E-state index is 0.681. The predicted molar refractivity (Wildman–Crippen MR) is 46.6 cm³/mol. The van der Waals surface area contributed by atoms with E-state index < -0.39 is 5.57 Å². The Morgan fingerprint density at radius 1 is 1.29 bits per heavy atom. The minimum Gasteiger partial charge on any atom is -0.119 e. The summed E-state index contributed by atoms with van der Waals surface area (Å²) in [6.45, 7) is 7.01. The molecule has 2 heteroatoms. The first-order valence-corrected chi connectivity index (χ1v) is 8.84. The van der Waals surface area contributed by atoms with E-state index in [0.717, 1.165) is 0 Å². The van der Waals surface area contributed by atoms with Gasteiger partial charge in [0.25, 0.3) is 0 Å². The first-order valence-electron chi connectivity index (χ1n) is 2.81. The monoisotopic (exact) mass is 228 g/mol. The Kier molecular flexibility index (Phi) is 3.48. The second-order valence-corrected chi connectivity index (χ2v) is 14.2. The third kappa shape index (κ3) is 3.52. The molecule has 0 aliphatic rings. The van der Waals surface area contributed by atoms with Gasteiger partial charge in [-0.05, 0) is 0 Å². The fourth-order valence-corrected chi connectivity index (χ4v) is 0.750. The Bertz CT molecular complexity index is 46.0. The van der Waals surface area contributed by atoms with Crippen molar-refractivity contribution in [2.24, 2.45) is 0 Å². The highest BCUT2D eigenvalue weighted by Gasteiger charge is 2.16. The quantitative estimate of drug-likeness (QED) is 0.387. The molecule has 0 aromatic heterocycles. The molecular weight excluding hydrogens is 215 g/mol. The Morgan fingerprint density at radius 2 is 1.57 bits per heavy atom. The lowest BCUT2D eigenvalue weighted by molar-refractivity contribution is 1.31. The third-order valence-electron chi connectivity index (χ3n) is 1.47. The predicted octanol–water partition coefficient (Wildman–Crippen LogP) is 3.04. The maximum absolute atomic E-state index is 2.64. The van der Waals surface area contributed by atoms with Crippen LogP contribution in [0.25, 0.3) is 0 Å². The van der Waals surface area contributed by atoms with Gasteiger partial charge in [-0.25, -0.2) is 0 Å². The van der Waals surface area contributed by atoms with Crippen LogP contribution in [0.3, 0.4) is 0 Å². The van der Waals surface area contributed by atoms with Crippen molar-refractivity contribution in [1.82, 2.24) is 0 Å². The summed E-state index contributed by atoms with van der Waals surface area (Å²) in [4.78, 5) is 0. The van der Waals surface area contributed by atoms with Gasteiger partial charge in [-0.2, -0.15) is 0 Å². The Balaban J connectivity index is 3.36. The van der Waals surface area contributed by atoms with Gasteiger partial charge in [-0.3, -0.25) is 0 Å². The van der Waals surface area contributed by atoms with E-state index in [1.54, 1.807) is 0 Å². The van der Waals surface area contributed by atoms with Gasteiger partial charge < -0.3 is 0 Å². The van der Waals surface area contributed by atoms with E-state index in [1.165, 1.54) is 12.1 Å². The van der Waals surface area contributed by atoms with Crippen molar-refractivity contribution < 1.29 is 0 Å². The second kappa shape index (κ2) is 3.07. The van der Waals surface area contributed by atoms with Crippen LogP contribution in [0.5, 0.6) is 0 Å². The molecule has 0 heterocycles. The summed E-state index contributed by atoms with van der Waals surface area (Å²) < 4.78 is 0. The molecule has 0 saturated heterocycles. The smallest absolute Gasteiger partial charge is 0.119 e. The van der Waals surface area contributed by atoms with Crippen LogP contribution in [0.4, 0.5) is 0 Å². The number of halogens is 1. The molecule has 0 aromatic carbocycles. The zero-order chi connectivity index (χ0) is 5.91. The van der Waals surface area contributed by atoms with Gasteiger partial charge in [0.1, 0.15) is 5.57 Å². The fourth-order valence-electron chi connectivity index (χ4n) is 0.250. The van der Waals surface area contributed by atoms with Crippen molar-refractivity contribution in [3.63, 3.8) is 0 Å². The highest BCUT2D eigenvalue weighted by Crippen LogP contribution is 2.21. The Labute approximate surface area is 59.9 Å². The highest BCUT2D eigenvalue weighted by atomic mass is 127. The van der Waals surface area contributed by atoms with Crippen LogP contribution in [-0.4, -0.2) is 5.57 Å². The van der Waals surface area contributed by atoms with E-state index in [-0.39, 0.29) is 0 Å². The highest BCUT2D eigenvalue weighted by molar-refractivity contribution is 14.1. The zero-order valence-corrected chi connectivity index (χ0v) is 8.45. The van der Waals surface area contributed by atoms with Crippen molar-refractivity contribution in [3.05, 3.63) is 0 Å². The van der Waals surface area contributed by atoms with E-state index in [1.807, 2.05) is 0 Å². The van der Waals surface area contributed by atoms with E-state index >= 15 is 0 Å². The van der Waals surface area contributed by atoms with Gasteiger partial charge in [0.15, 0.2) is 0 Å². The molecule has 0 aliphatic carbocycles. The van der Waals surface area contributed by atoms with Gasteiger partial charge in [0.05, 0.1) is 0 Å². The van der Waals surface area contributed by atoms with Crippen LogP contribution in [0.2, 0.25) is 18.6 Å². The summed E-state index contributed by atoms with van der Waals surface area (Å²) in [7, 11) is 0. The average molecular weight is 228 g/mol. The summed E-state index contributed by atoms with van der Waals surface area (Å²) in [6, 6.07) is 2.84. The lowest BCUT2D eigenvalue weighted by Gasteiger charge is -2.12. The molecule has 0 aliphatic heterocycles.